The summed E-state index contributed by atoms with van der Waals surface area (Å²) in [6, 6.07) is 8.14. The van der Waals surface area contributed by atoms with Crippen LogP contribution in [-0.2, 0) is 9.53 Å². The number of hydrogen-bond acceptors (Lipinski definition) is 3. The number of aryl methyl sites for hydroxylation is 1. The van der Waals surface area contributed by atoms with Gasteiger partial charge in [0.15, 0.2) is 0 Å². The van der Waals surface area contributed by atoms with Crippen LogP contribution in [0.1, 0.15) is 51.5 Å². The van der Waals surface area contributed by atoms with E-state index in [0.29, 0.717) is 6.61 Å². The number of anilines is 1. The van der Waals surface area contributed by atoms with E-state index >= 15 is 0 Å². The molecule has 1 aromatic rings. The van der Waals surface area contributed by atoms with Crippen LogP contribution in [0.5, 0.6) is 0 Å². The van der Waals surface area contributed by atoms with Crippen LogP contribution in [0, 0.1) is 12.8 Å². The van der Waals surface area contributed by atoms with E-state index in [-0.39, 0.29) is 5.97 Å². The molecule has 0 atom stereocenters. The zero-order valence-electron chi connectivity index (χ0n) is 13.4. The Labute approximate surface area is 128 Å². The summed E-state index contributed by atoms with van der Waals surface area (Å²) in [4.78, 5) is 12.5. The topological polar surface area (TPSA) is 38.3 Å². The van der Waals surface area contributed by atoms with Crippen LogP contribution in [0.2, 0.25) is 0 Å². The zero-order chi connectivity index (χ0) is 15.3. The van der Waals surface area contributed by atoms with Crippen molar-refractivity contribution in [2.75, 3.05) is 11.9 Å². The predicted molar refractivity (Wildman–Crippen MR) is 86.4 cm³/mol. The maximum atomic E-state index is 12.5. The fraction of sp³-hybridized carbons (Fsp3) is 0.611. The summed E-state index contributed by atoms with van der Waals surface area (Å²) in [6.07, 6.45) is 5.10. The summed E-state index contributed by atoms with van der Waals surface area (Å²) < 4.78 is 5.36. The molecule has 0 heterocycles. The molecule has 0 aromatic heterocycles. The number of ether oxygens (including phenoxy) is 1. The monoisotopic (exact) mass is 289 g/mol. The Kier molecular flexibility index (Phi) is 5.27. The van der Waals surface area contributed by atoms with Crippen LogP contribution in [0.15, 0.2) is 24.3 Å². The highest BCUT2D eigenvalue weighted by atomic mass is 16.5. The Morgan fingerprint density at radius 3 is 2.52 bits per heavy atom. The van der Waals surface area contributed by atoms with Crippen molar-refractivity contribution >= 4 is 11.7 Å². The van der Waals surface area contributed by atoms with Gasteiger partial charge in [-0.1, -0.05) is 31.5 Å². The van der Waals surface area contributed by atoms with Gasteiger partial charge in [0.2, 0.25) is 0 Å². The van der Waals surface area contributed by atoms with Crippen molar-refractivity contribution in [3.63, 3.8) is 0 Å². The SMILES string of the molecule is CCOC(=O)C1(Nc2ccccc2C)CCC(CC)CC1. The van der Waals surface area contributed by atoms with Gasteiger partial charge in [0.05, 0.1) is 6.61 Å². The largest absolute Gasteiger partial charge is 0.464 e. The van der Waals surface area contributed by atoms with Gasteiger partial charge >= 0.3 is 5.97 Å². The Bertz CT molecular complexity index is 476. The van der Waals surface area contributed by atoms with Gasteiger partial charge in [-0.15, -0.1) is 0 Å². The Hall–Kier alpha value is -1.51. The molecule has 0 amide bonds. The highest BCUT2D eigenvalue weighted by Gasteiger charge is 2.43. The molecule has 0 saturated heterocycles. The van der Waals surface area contributed by atoms with E-state index in [0.717, 1.165) is 37.3 Å². The minimum absolute atomic E-state index is 0.0946. The second-order valence-electron chi connectivity index (χ2n) is 6.09. The molecule has 0 bridgehead atoms. The highest BCUT2D eigenvalue weighted by molar-refractivity contribution is 5.85. The Balaban J connectivity index is 2.21. The van der Waals surface area contributed by atoms with E-state index in [1.54, 1.807) is 0 Å². The number of para-hydroxylation sites is 1. The molecular formula is C18H27NO2. The van der Waals surface area contributed by atoms with Gasteiger partial charge in [0, 0.05) is 5.69 Å². The Morgan fingerprint density at radius 2 is 1.95 bits per heavy atom. The number of benzene rings is 1. The molecule has 1 fully saturated rings. The highest BCUT2D eigenvalue weighted by Crippen LogP contribution is 2.37. The standard InChI is InChI=1S/C18H27NO2/c1-4-15-10-12-18(13-11-15,17(20)21-5-2)19-16-9-7-6-8-14(16)3/h6-9,15,19H,4-5,10-13H2,1-3H3. The van der Waals surface area contributed by atoms with Crippen molar-refractivity contribution in [2.45, 2.75) is 58.4 Å². The lowest BCUT2D eigenvalue weighted by molar-refractivity contribution is -0.150. The second-order valence-corrected chi connectivity index (χ2v) is 6.09. The van der Waals surface area contributed by atoms with Crippen LogP contribution in [0.25, 0.3) is 0 Å². The third-order valence-corrected chi connectivity index (χ3v) is 4.72. The second kappa shape index (κ2) is 6.97. The van der Waals surface area contributed by atoms with Crippen molar-refractivity contribution in [2.24, 2.45) is 5.92 Å². The van der Waals surface area contributed by atoms with E-state index in [9.17, 15) is 4.79 Å². The molecule has 1 saturated carbocycles. The van der Waals surface area contributed by atoms with E-state index in [1.165, 1.54) is 12.0 Å². The van der Waals surface area contributed by atoms with Gasteiger partial charge in [0.1, 0.15) is 5.54 Å². The fourth-order valence-electron chi connectivity index (χ4n) is 3.20. The number of carbonyl (C=O) groups excluding carboxylic acids is 1. The van der Waals surface area contributed by atoms with Gasteiger partial charge in [-0.3, -0.25) is 0 Å². The van der Waals surface area contributed by atoms with Crippen molar-refractivity contribution in [3.05, 3.63) is 29.8 Å². The van der Waals surface area contributed by atoms with Crippen molar-refractivity contribution in [3.8, 4) is 0 Å². The maximum absolute atomic E-state index is 12.5. The lowest BCUT2D eigenvalue weighted by Crippen LogP contribution is -2.50. The minimum atomic E-state index is -0.548. The van der Waals surface area contributed by atoms with E-state index < -0.39 is 5.54 Å². The van der Waals surface area contributed by atoms with E-state index in [2.05, 4.69) is 25.2 Å². The third-order valence-electron chi connectivity index (χ3n) is 4.72. The molecule has 3 heteroatoms. The number of rotatable bonds is 5. The fourth-order valence-corrected chi connectivity index (χ4v) is 3.20. The van der Waals surface area contributed by atoms with Crippen molar-refractivity contribution in [1.82, 2.24) is 0 Å². The predicted octanol–water partition coefficient (Wildman–Crippen LogP) is 4.31. The average Bonchev–Trinajstić information content (AvgIpc) is 2.50. The van der Waals surface area contributed by atoms with Gasteiger partial charge in [-0.05, 0) is 57.1 Å². The smallest absolute Gasteiger partial charge is 0.331 e. The third kappa shape index (κ3) is 3.58. The first kappa shape index (κ1) is 15.9. The number of hydrogen-bond donors (Lipinski definition) is 1. The van der Waals surface area contributed by atoms with Crippen LogP contribution < -0.4 is 5.32 Å². The Morgan fingerprint density at radius 1 is 1.29 bits per heavy atom. The zero-order valence-corrected chi connectivity index (χ0v) is 13.4. The number of nitrogens with one attached hydrogen (secondary N) is 1. The molecule has 3 nitrogen and oxygen atoms in total. The molecule has 0 unspecified atom stereocenters. The van der Waals surface area contributed by atoms with Crippen LogP contribution in [-0.4, -0.2) is 18.1 Å². The molecule has 116 valence electrons. The lowest BCUT2D eigenvalue weighted by Gasteiger charge is -2.39. The molecular weight excluding hydrogens is 262 g/mol. The summed E-state index contributed by atoms with van der Waals surface area (Å²) in [6.45, 7) is 6.61. The summed E-state index contributed by atoms with van der Waals surface area (Å²) >= 11 is 0. The maximum Gasteiger partial charge on any atom is 0.331 e. The lowest BCUT2D eigenvalue weighted by atomic mass is 9.75. The molecule has 1 aromatic carbocycles. The normalized spacial score (nSPS) is 25.4. The molecule has 1 aliphatic carbocycles. The minimum Gasteiger partial charge on any atom is -0.464 e. The van der Waals surface area contributed by atoms with Gasteiger partial charge in [0.25, 0.3) is 0 Å². The number of carbonyl (C=O) groups is 1. The van der Waals surface area contributed by atoms with Crippen LogP contribution in [0.3, 0.4) is 0 Å². The summed E-state index contributed by atoms with van der Waals surface area (Å²) in [5.74, 6) is 0.647. The first-order valence-electron chi connectivity index (χ1n) is 8.12. The molecule has 1 N–H and O–H groups in total. The molecule has 1 aliphatic rings. The summed E-state index contributed by atoms with van der Waals surface area (Å²) in [5.41, 5.74) is 1.66. The molecule has 21 heavy (non-hydrogen) atoms. The van der Waals surface area contributed by atoms with Crippen LogP contribution in [0.4, 0.5) is 5.69 Å². The van der Waals surface area contributed by atoms with Gasteiger partial charge in [-0.25, -0.2) is 4.79 Å². The van der Waals surface area contributed by atoms with Crippen molar-refractivity contribution < 1.29 is 9.53 Å². The molecule has 0 aliphatic heterocycles. The average molecular weight is 289 g/mol. The van der Waals surface area contributed by atoms with Gasteiger partial charge in [-0.2, -0.15) is 0 Å². The first-order valence-corrected chi connectivity index (χ1v) is 8.12. The van der Waals surface area contributed by atoms with Crippen LogP contribution >= 0.6 is 0 Å². The number of esters is 1. The quantitative estimate of drug-likeness (QED) is 0.821. The summed E-state index contributed by atoms with van der Waals surface area (Å²) in [7, 11) is 0. The first-order chi connectivity index (χ1) is 10.1. The molecule has 0 radical (unpaired) electrons. The van der Waals surface area contributed by atoms with E-state index in [4.69, 9.17) is 4.74 Å². The van der Waals surface area contributed by atoms with Gasteiger partial charge < -0.3 is 10.1 Å². The molecule has 0 spiro atoms. The van der Waals surface area contributed by atoms with E-state index in [1.807, 2.05) is 25.1 Å². The molecule has 2 rings (SSSR count). The van der Waals surface area contributed by atoms with Crippen molar-refractivity contribution in [1.29, 1.82) is 0 Å². The summed E-state index contributed by atoms with van der Waals surface area (Å²) in [5, 5.41) is 3.52.